The monoisotopic (exact) mass is 532 g/mol. The molecule has 0 saturated carbocycles. The molecular weight excluding hydrogens is 503 g/mol. The third-order valence-corrected chi connectivity index (χ3v) is 5.44. The van der Waals surface area contributed by atoms with Crippen LogP contribution in [0.4, 0.5) is 0 Å². The van der Waals surface area contributed by atoms with Crippen LogP contribution in [0.3, 0.4) is 0 Å². The molecule has 1 aliphatic heterocycles. The molecule has 7 nitrogen and oxygen atoms in total. The van der Waals surface area contributed by atoms with Crippen molar-refractivity contribution in [2.24, 2.45) is 4.99 Å². The van der Waals surface area contributed by atoms with Gasteiger partial charge in [-0.05, 0) is 48.7 Å². The van der Waals surface area contributed by atoms with E-state index in [4.69, 9.17) is 9.73 Å². The van der Waals surface area contributed by atoms with Gasteiger partial charge in [0.15, 0.2) is 5.96 Å². The average molecular weight is 532 g/mol. The highest BCUT2D eigenvalue weighted by Gasteiger charge is 2.26. The zero-order chi connectivity index (χ0) is 20.8. The number of benzene rings is 2. The number of halogens is 1. The second kappa shape index (κ2) is 11.1. The molecule has 1 unspecified atom stereocenters. The molecule has 1 aliphatic rings. The highest BCUT2D eigenvalue weighted by Crippen LogP contribution is 2.28. The number of guanidine groups is 1. The van der Waals surface area contributed by atoms with E-state index in [9.17, 15) is 0 Å². The molecule has 1 atom stereocenters. The molecule has 0 amide bonds. The summed E-state index contributed by atoms with van der Waals surface area (Å²) < 4.78 is 7.03. The van der Waals surface area contributed by atoms with Crippen LogP contribution in [0.5, 0.6) is 5.75 Å². The van der Waals surface area contributed by atoms with Crippen molar-refractivity contribution in [1.29, 1.82) is 0 Å². The lowest BCUT2D eigenvalue weighted by molar-refractivity contribution is 0.414. The summed E-state index contributed by atoms with van der Waals surface area (Å²) in [5, 5.41) is 7.62. The molecule has 4 rings (SSSR count). The summed E-state index contributed by atoms with van der Waals surface area (Å²) in [4.78, 5) is 11.2. The summed E-state index contributed by atoms with van der Waals surface area (Å²) >= 11 is 0. The van der Waals surface area contributed by atoms with E-state index in [1.807, 2.05) is 24.3 Å². The third-order valence-electron chi connectivity index (χ3n) is 5.44. The molecule has 0 bridgehead atoms. The van der Waals surface area contributed by atoms with Gasteiger partial charge in [-0.2, -0.15) is 5.10 Å². The Morgan fingerprint density at radius 1 is 1.16 bits per heavy atom. The molecule has 0 spiro atoms. The predicted octanol–water partition coefficient (Wildman–Crippen LogP) is 3.85. The molecule has 1 fully saturated rings. The van der Waals surface area contributed by atoms with E-state index in [-0.39, 0.29) is 24.0 Å². The van der Waals surface area contributed by atoms with E-state index >= 15 is 0 Å². The van der Waals surface area contributed by atoms with Gasteiger partial charge in [0.2, 0.25) is 0 Å². The Labute approximate surface area is 200 Å². The number of nitrogens with zero attached hydrogens (tertiary/aromatic N) is 5. The lowest BCUT2D eigenvalue weighted by Gasteiger charge is -2.22. The van der Waals surface area contributed by atoms with E-state index in [2.05, 4.69) is 51.5 Å². The van der Waals surface area contributed by atoms with Crippen molar-refractivity contribution < 1.29 is 4.74 Å². The number of ether oxygens (including phenoxy) is 1. The zero-order valence-electron chi connectivity index (χ0n) is 17.9. The van der Waals surface area contributed by atoms with Crippen LogP contribution >= 0.6 is 24.0 Å². The highest BCUT2D eigenvalue weighted by atomic mass is 127. The first kappa shape index (κ1) is 23.1. The van der Waals surface area contributed by atoms with Crippen molar-refractivity contribution >= 4 is 29.9 Å². The number of likely N-dealkylation sites (tertiary alicyclic amines) is 1. The Morgan fingerprint density at radius 3 is 2.58 bits per heavy atom. The lowest BCUT2D eigenvalue weighted by Crippen LogP contribution is -2.40. The van der Waals surface area contributed by atoms with E-state index in [0.29, 0.717) is 12.5 Å². The van der Waals surface area contributed by atoms with Gasteiger partial charge in [0.05, 0.1) is 19.3 Å². The SMILES string of the molecule is CCNC(=NCc1ccc(-n2cncn2)cc1)N1CCC(c2ccc(OC)cc2)C1.I. The van der Waals surface area contributed by atoms with Crippen molar-refractivity contribution in [3.8, 4) is 11.4 Å². The van der Waals surface area contributed by atoms with Crippen LogP contribution in [0.15, 0.2) is 66.2 Å². The van der Waals surface area contributed by atoms with E-state index in [1.165, 1.54) is 17.5 Å². The minimum absolute atomic E-state index is 0. The average Bonchev–Trinajstić information content (AvgIpc) is 3.50. The Balaban J connectivity index is 0.00000272. The Hall–Kier alpha value is -2.62. The van der Waals surface area contributed by atoms with Crippen LogP contribution in [0.2, 0.25) is 0 Å². The normalized spacial score (nSPS) is 16.1. The number of nitrogens with one attached hydrogen (secondary N) is 1. The fourth-order valence-corrected chi connectivity index (χ4v) is 3.79. The quantitative estimate of drug-likeness (QED) is 0.297. The largest absolute Gasteiger partial charge is 0.497 e. The van der Waals surface area contributed by atoms with E-state index in [0.717, 1.165) is 43.5 Å². The molecule has 31 heavy (non-hydrogen) atoms. The summed E-state index contributed by atoms with van der Waals surface area (Å²) in [7, 11) is 1.70. The second-order valence-corrected chi connectivity index (χ2v) is 7.38. The van der Waals surface area contributed by atoms with E-state index in [1.54, 1.807) is 18.1 Å². The highest BCUT2D eigenvalue weighted by molar-refractivity contribution is 14.0. The molecule has 164 valence electrons. The summed E-state index contributed by atoms with van der Waals surface area (Å²) in [6, 6.07) is 16.7. The van der Waals surface area contributed by atoms with Gasteiger partial charge in [0.25, 0.3) is 0 Å². The van der Waals surface area contributed by atoms with Gasteiger partial charge in [0, 0.05) is 25.6 Å². The van der Waals surface area contributed by atoms with Gasteiger partial charge >= 0.3 is 0 Å². The van der Waals surface area contributed by atoms with Crippen molar-refractivity contribution in [2.45, 2.75) is 25.8 Å². The molecule has 8 heteroatoms. The van der Waals surface area contributed by atoms with Crippen molar-refractivity contribution in [3.05, 3.63) is 72.3 Å². The second-order valence-electron chi connectivity index (χ2n) is 7.38. The molecule has 2 heterocycles. The van der Waals surface area contributed by atoms with Crippen molar-refractivity contribution in [3.63, 3.8) is 0 Å². The predicted molar refractivity (Wildman–Crippen MR) is 134 cm³/mol. The first-order valence-corrected chi connectivity index (χ1v) is 10.4. The number of aromatic nitrogens is 3. The van der Waals surface area contributed by atoms with Crippen LogP contribution in [0.1, 0.15) is 30.4 Å². The van der Waals surface area contributed by atoms with E-state index < -0.39 is 0 Å². The van der Waals surface area contributed by atoms with Gasteiger partial charge in [-0.1, -0.05) is 24.3 Å². The molecular formula is C23H29IN6O. The zero-order valence-corrected chi connectivity index (χ0v) is 20.3. The fourth-order valence-electron chi connectivity index (χ4n) is 3.79. The van der Waals surface area contributed by atoms with Gasteiger partial charge in [0.1, 0.15) is 18.4 Å². The molecule has 1 N–H and O–H groups in total. The molecule has 1 saturated heterocycles. The number of rotatable bonds is 6. The molecule has 0 radical (unpaired) electrons. The van der Waals surface area contributed by atoms with Gasteiger partial charge in [-0.25, -0.2) is 14.7 Å². The lowest BCUT2D eigenvalue weighted by atomic mass is 9.98. The Morgan fingerprint density at radius 2 is 1.94 bits per heavy atom. The number of methoxy groups -OCH3 is 1. The summed E-state index contributed by atoms with van der Waals surface area (Å²) in [6.45, 7) is 5.59. The number of aliphatic imine (C=N–C) groups is 1. The van der Waals surface area contributed by atoms with Crippen LogP contribution in [-0.2, 0) is 6.54 Å². The maximum absolute atomic E-state index is 5.28. The Kier molecular flexibility index (Phi) is 8.27. The fraction of sp³-hybridized carbons (Fsp3) is 0.348. The van der Waals surface area contributed by atoms with Gasteiger partial charge in [-0.15, -0.1) is 24.0 Å². The van der Waals surface area contributed by atoms with Gasteiger partial charge < -0.3 is 15.0 Å². The molecule has 2 aromatic carbocycles. The first-order valence-electron chi connectivity index (χ1n) is 10.4. The van der Waals surface area contributed by atoms with Crippen molar-refractivity contribution in [2.75, 3.05) is 26.7 Å². The summed E-state index contributed by atoms with van der Waals surface area (Å²) in [5.74, 6) is 2.40. The maximum Gasteiger partial charge on any atom is 0.194 e. The number of hydrogen-bond donors (Lipinski definition) is 1. The van der Waals surface area contributed by atoms with Crippen LogP contribution < -0.4 is 10.1 Å². The molecule has 0 aliphatic carbocycles. The molecule has 3 aromatic rings. The van der Waals surface area contributed by atoms with Crippen LogP contribution in [0.25, 0.3) is 5.69 Å². The first-order chi connectivity index (χ1) is 14.8. The molecule has 1 aromatic heterocycles. The van der Waals surface area contributed by atoms with Crippen LogP contribution in [0, 0.1) is 0 Å². The van der Waals surface area contributed by atoms with Crippen molar-refractivity contribution in [1.82, 2.24) is 25.0 Å². The standard InChI is InChI=1S/C23H28N6O.HI/c1-3-25-23(26-14-18-4-8-21(9-5-18)29-17-24-16-27-29)28-13-12-20(15-28)19-6-10-22(30-2)11-7-19;/h4-11,16-17,20H,3,12-15H2,1-2H3,(H,25,26);1H. The topological polar surface area (TPSA) is 67.6 Å². The minimum Gasteiger partial charge on any atom is -0.497 e. The third kappa shape index (κ3) is 5.75. The smallest absolute Gasteiger partial charge is 0.194 e. The van der Waals surface area contributed by atoms with Gasteiger partial charge in [-0.3, -0.25) is 0 Å². The minimum atomic E-state index is 0. The van der Waals surface area contributed by atoms with Crippen LogP contribution in [-0.4, -0.2) is 52.4 Å². The summed E-state index contributed by atoms with van der Waals surface area (Å²) in [6.07, 6.45) is 4.36. The number of hydrogen-bond acceptors (Lipinski definition) is 4. The maximum atomic E-state index is 5.28. The Bertz CT molecular complexity index is 957. The summed E-state index contributed by atoms with van der Waals surface area (Å²) in [5.41, 5.74) is 3.52.